The van der Waals surface area contributed by atoms with E-state index in [1.807, 2.05) is 6.92 Å². The van der Waals surface area contributed by atoms with Gasteiger partial charge in [0.25, 0.3) is 5.91 Å². The zero-order valence-electron chi connectivity index (χ0n) is 15.4. The molecule has 0 fully saturated rings. The van der Waals surface area contributed by atoms with Crippen LogP contribution in [0.15, 0.2) is 30.3 Å². The van der Waals surface area contributed by atoms with Crippen LogP contribution < -0.4 is 5.32 Å². The Labute approximate surface area is 151 Å². The average molecular weight is 367 g/mol. The standard InChI is InChI=1S/C19H24F3N3O/c1-5-25-17(11-14(24-25)10-12(2)3)18(26)23-13(4)15-8-6-7-9-16(15)19(20,21)22/h6-9,11-13H,5,10H2,1-4H3,(H,23,26). The molecule has 1 N–H and O–H groups in total. The number of carbonyl (C=O) groups is 1. The number of carbonyl (C=O) groups excluding carboxylic acids is 1. The van der Waals surface area contributed by atoms with Gasteiger partial charge in [0.05, 0.1) is 17.3 Å². The summed E-state index contributed by atoms with van der Waals surface area (Å²) in [4.78, 5) is 12.6. The minimum atomic E-state index is -4.47. The fraction of sp³-hybridized carbons (Fsp3) is 0.474. The summed E-state index contributed by atoms with van der Waals surface area (Å²) < 4.78 is 41.1. The predicted octanol–water partition coefficient (Wildman–Crippen LogP) is 4.61. The third kappa shape index (κ3) is 4.65. The Kier molecular flexibility index (Phi) is 6.10. The first kappa shape index (κ1) is 20.0. The van der Waals surface area contributed by atoms with E-state index in [9.17, 15) is 18.0 Å². The number of aryl methyl sites for hydroxylation is 1. The molecule has 0 aliphatic carbocycles. The fourth-order valence-corrected chi connectivity index (χ4v) is 2.89. The highest BCUT2D eigenvalue weighted by atomic mass is 19.4. The molecular weight excluding hydrogens is 343 g/mol. The van der Waals surface area contributed by atoms with Gasteiger partial charge in [-0.2, -0.15) is 18.3 Å². The van der Waals surface area contributed by atoms with Gasteiger partial charge in [-0.05, 0) is 43.9 Å². The minimum Gasteiger partial charge on any atom is -0.344 e. The number of alkyl halides is 3. The Morgan fingerprint density at radius 2 is 1.88 bits per heavy atom. The van der Waals surface area contributed by atoms with E-state index in [4.69, 9.17) is 0 Å². The van der Waals surface area contributed by atoms with Crippen LogP contribution in [0.3, 0.4) is 0 Å². The number of nitrogens with zero attached hydrogens (tertiary/aromatic N) is 2. The molecule has 0 saturated carbocycles. The van der Waals surface area contributed by atoms with Crippen LogP contribution in [0.25, 0.3) is 0 Å². The van der Waals surface area contributed by atoms with Crippen LogP contribution in [0.2, 0.25) is 0 Å². The molecule has 1 aromatic heterocycles. The molecular formula is C19H24F3N3O. The SMILES string of the molecule is CCn1nc(CC(C)C)cc1C(=O)NC(C)c1ccccc1C(F)(F)F. The lowest BCUT2D eigenvalue weighted by molar-refractivity contribution is -0.138. The van der Waals surface area contributed by atoms with Gasteiger partial charge in [0.15, 0.2) is 0 Å². The fourth-order valence-electron chi connectivity index (χ4n) is 2.89. The normalized spacial score (nSPS) is 13.1. The Morgan fingerprint density at radius 3 is 2.46 bits per heavy atom. The lowest BCUT2D eigenvalue weighted by atomic mass is 10.0. The lowest BCUT2D eigenvalue weighted by Crippen LogP contribution is -2.30. The van der Waals surface area contributed by atoms with Crippen molar-refractivity contribution in [1.29, 1.82) is 0 Å². The summed E-state index contributed by atoms with van der Waals surface area (Å²) in [5.74, 6) is -0.0393. The number of amides is 1. The molecule has 1 atom stereocenters. The second-order valence-corrected chi connectivity index (χ2v) is 6.71. The minimum absolute atomic E-state index is 0.0401. The van der Waals surface area contributed by atoms with Gasteiger partial charge in [-0.25, -0.2) is 0 Å². The number of halogens is 3. The topological polar surface area (TPSA) is 46.9 Å². The third-order valence-electron chi connectivity index (χ3n) is 4.06. The van der Waals surface area contributed by atoms with E-state index in [0.29, 0.717) is 18.2 Å². The third-order valence-corrected chi connectivity index (χ3v) is 4.06. The van der Waals surface area contributed by atoms with Crippen LogP contribution in [0.4, 0.5) is 13.2 Å². The van der Waals surface area contributed by atoms with Crippen molar-refractivity contribution in [1.82, 2.24) is 15.1 Å². The lowest BCUT2D eigenvalue weighted by Gasteiger charge is -2.19. The molecule has 0 aliphatic rings. The van der Waals surface area contributed by atoms with Crippen molar-refractivity contribution < 1.29 is 18.0 Å². The number of rotatable bonds is 6. The number of benzene rings is 1. The quantitative estimate of drug-likeness (QED) is 0.810. The molecule has 2 aromatic rings. The Hall–Kier alpha value is -2.31. The maximum Gasteiger partial charge on any atom is 0.416 e. The van der Waals surface area contributed by atoms with E-state index < -0.39 is 23.7 Å². The summed E-state index contributed by atoms with van der Waals surface area (Å²) in [6.07, 6.45) is -3.73. The van der Waals surface area contributed by atoms with Gasteiger partial charge in [0.1, 0.15) is 5.69 Å². The van der Waals surface area contributed by atoms with Gasteiger partial charge in [-0.15, -0.1) is 0 Å². The molecule has 7 heteroatoms. The van der Waals surface area contributed by atoms with Crippen LogP contribution >= 0.6 is 0 Å². The van der Waals surface area contributed by atoms with E-state index in [0.717, 1.165) is 18.2 Å². The first-order valence-corrected chi connectivity index (χ1v) is 8.67. The zero-order valence-corrected chi connectivity index (χ0v) is 15.4. The summed E-state index contributed by atoms with van der Waals surface area (Å²) in [5.41, 5.74) is 0.463. The molecule has 1 amide bonds. The Balaban J connectivity index is 2.24. The summed E-state index contributed by atoms with van der Waals surface area (Å²) in [6, 6.07) is 6.20. The summed E-state index contributed by atoms with van der Waals surface area (Å²) in [6.45, 7) is 8.03. The van der Waals surface area contributed by atoms with E-state index in [1.165, 1.54) is 18.2 Å². The monoisotopic (exact) mass is 367 g/mol. The van der Waals surface area contributed by atoms with Gasteiger partial charge < -0.3 is 5.32 Å². The van der Waals surface area contributed by atoms with Crippen molar-refractivity contribution in [2.75, 3.05) is 0 Å². The molecule has 0 saturated heterocycles. The van der Waals surface area contributed by atoms with Gasteiger partial charge in [0, 0.05) is 6.54 Å². The van der Waals surface area contributed by atoms with Crippen LogP contribution in [-0.2, 0) is 19.1 Å². The van der Waals surface area contributed by atoms with Gasteiger partial charge in [-0.3, -0.25) is 9.48 Å². The van der Waals surface area contributed by atoms with E-state index in [-0.39, 0.29) is 5.56 Å². The highest BCUT2D eigenvalue weighted by molar-refractivity contribution is 5.93. The van der Waals surface area contributed by atoms with Gasteiger partial charge in [-0.1, -0.05) is 32.0 Å². The smallest absolute Gasteiger partial charge is 0.344 e. The average Bonchev–Trinajstić information content (AvgIpc) is 2.96. The second kappa shape index (κ2) is 7.93. The summed E-state index contributed by atoms with van der Waals surface area (Å²) in [7, 11) is 0. The molecule has 142 valence electrons. The molecule has 0 radical (unpaired) electrons. The van der Waals surface area contributed by atoms with Crippen molar-refractivity contribution in [3.05, 3.63) is 52.8 Å². The van der Waals surface area contributed by atoms with E-state index in [1.54, 1.807) is 17.7 Å². The summed E-state index contributed by atoms with van der Waals surface area (Å²) in [5, 5.41) is 7.07. The molecule has 1 unspecified atom stereocenters. The number of hydrogen-bond acceptors (Lipinski definition) is 2. The predicted molar refractivity (Wildman–Crippen MR) is 93.8 cm³/mol. The highest BCUT2D eigenvalue weighted by Crippen LogP contribution is 2.34. The van der Waals surface area contributed by atoms with Crippen molar-refractivity contribution >= 4 is 5.91 Å². The van der Waals surface area contributed by atoms with E-state index >= 15 is 0 Å². The van der Waals surface area contributed by atoms with Crippen molar-refractivity contribution in [2.24, 2.45) is 5.92 Å². The van der Waals surface area contributed by atoms with Crippen molar-refractivity contribution in [3.8, 4) is 0 Å². The molecule has 2 rings (SSSR count). The van der Waals surface area contributed by atoms with Gasteiger partial charge in [0.2, 0.25) is 0 Å². The van der Waals surface area contributed by atoms with Crippen LogP contribution in [0.5, 0.6) is 0 Å². The molecule has 0 aliphatic heterocycles. The Bertz CT molecular complexity index is 766. The first-order valence-electron chi connectivity index (χ1n) is 8.67. The second-order valence-electron chi connectivity index (χ2n) is 6.71. The van der Waals surface area contributed by atoms with Gasteiger partial charge >= 0.3 is 6.18 Å². The van der Waals surface area contributed by atoms with Crippen molar-refractivity contribution in [3.63, 3.8) is 0 Å². The zero-order chi connectivity index (χ0) is 19.5. The van der Waals surface area contributed by atoms with Crippen molar-refractivity contribution in [2.45, 2.75) is 52.9 Å². The molecule has 26 heavy (non-hydrogen) atoms. The molecule has 1 aromatic carbocycles. The molecule has 4 nitrogen and oxygen atoms in total. The molecule has 0 bridgehead atoms. The largest absolute Gasteiger partial charge is 0.416 e. The van der Waals surface area contributed by atoms with E-state index in [2.05, 4.69) is 24.3 Å². The molecule has 1 heterocycles. The Morgan fingerprint density at radius 1 is 1.23 bits per heavy atom. The summed E-state index contributed by atoms with van der Waals surface area (Å²) >= 11 is 0. The molecule has 0 spiro atoms. The number of aromatic nitrogens is 2. The first-order chi connectivity index (χ1) is 12.1. The van der Waals surface area contributed by atoms with Crippen LogP contribution in [0.1, 0.15) is 61.0 Å². The maximum absolute atomic E-state index is 13.2. The highest BCUT2D eigenvalue weighted by Gasteiger charge is 2.34. The number of hydrogen-bond donors (Lipinski definition) is 1. The number of nitrogens with one attached hydrogen (secondary N) is 1. The van der Waals surface area contributed by atoms with Crippen LogP contribution in [-0.4, -0.2) is 15.7 Å². The maximum atomic E-state index is 13.2. The van der Waals surface area contributed by atoms with Crippen LogP contribution in [0, 0.1) is 5.92 Å².